The molecule has 6 nitrogen and oxygen atoms in total. The lowest BCUT2D eigenvalue weighted by Gasteiger charge is -2.36. The minimum atomic E-state index is -0.124. The highest BCUT2D eigenvalue weighted by molar-refractivity contribution is 7.09. The fourth-order valence-corrected chi connectivity index (χ4v) is 5.17. The van der Waals surface area contributed by atoms with Crippen molar-refractivity contribution in [1.82, 2.24) is 19.8 Å². The van der Waals surface area contributed by atoms with E-state index in [-0.39, 0.29) is 11.8 Å². The van der Waals surface area contributed by atoms with Crippen LogP contribution in [0.25, 0.3) is 11.0 Å². The molecule has 1 aromatic carbocycles. The van der Waals surface area contributed by atoms with Gasteiger partial charge in [-0.1, -0.05) is 25.3 Å². The summed E-state index contributed by atoms with van der Waals surface area (Å²) in [6.45, 7) is 2.02. The van der Waals surface area contributed by atoms with Gasteiger partial charge in [-0.2, -0.15) is 0 Å². The smallest absolute Gasteiger partial charge is 0.290 e. The van der Waals surface area contributed by atoms with Gasteiger partial charge in [0.1, 0.15) is 0 Å². The second-order valence-corrected chi connectivity index (χ2v) is 8.88. The van der Waals surface area contributed by atoms with Gasteiger partial charge in [-0.25, -0.2) is 4.98 Å². The first-order valence-electron chi connectivity index (χ1n) is 10.3. The minimum absolute atomic E-state index is 0.0306. The molecule has 5 rings (SSSR count). The maximum absolute atomic E-state index is 13.1. The van der Waals surface area contributed by atoms with Gasteiger partial charge in [0.25, 0.3) is 11.8 Å². The van der Waals surface area contributed by atoms with Crippen molar-refractivity contribution in [2.75, 3.05) is 6.54 Å². The standard InChI is InChI=1S/C22H24N4O2S/c27-21(23-14-17-7-4-12-29-17)15-8-9-19-18(13-15)24-20-22(28)25(10-11-26(19)20)16-5-2-1-3-6-16/h4,7-9,12-13,16H,1-3,5-6,10-11,14H2,(H,23,27). The van der Waals surface area contributed by atoms with Crippen molar-refractivity contribution < 1.29 is 9.59 Å². The number of fused-ring (bicyclic) bond motifs is 3. The highest BCUT2D eigenvalue weighted by atomic mass is 32.1. The monoisotopic (exact) mass is 408 g/mol. The summed E-state index contributed by atoms with van der Waals surface area (Å²) >= 11 is 1.62. The van der Waals surface area contributed by atoms with Gasteiger partial charge in [-0.15, -0.1) is 11.3 Å². The Kier molecular flexibility index (Phi) is 4.83. The van der Waals surface area contributed by atoms with E-state index in [1.54, 1.807) is 17.4 Å². The predicted octanol–water partition coefficient (Wildman–Crippen LogP) is 3.82. The average Bonchev–Trinajstić information content (AvgIpc) is 3.40. The van der Waals surface area contributed by atoms with Crippen molar-refractivity contribution in [3.05, 3.63) is 52.0 Å². The van der Waals surface area contributed by atoms with E-state index in [2.05, 4.69) is 10.3 Å². The highest BCUT2D eigenvalue weighted by Gasteiger charge is 2.33. The number of nitrogens with one attached hydrogen (secondary N) is 1. The molecule has 150 valence electrons. The van der Waals surface area contributed by atoms with Crippen molar-refractivity contribution in [2.24, 2.45) is 0 Å². The quantitative estimate of drug-likeness (QED) is 0.714. The van der Waals surface area contributed by atoms with E-state index in [1.807, 2.05) is 39.1 Å². The molecule has 0 radical (unpaired) electrons. The Morgan fingerprint density at radius 3 is 2.83 bits per heavy atom. The molecule has 2 aliphatic rings. The molecule has 0 bridgehead atoms. The van der Waals surface area contributed by atoms with E-state index in [0.29, 0.717) is 29.5 Å². The van der Waals surface area contributed by atoms with Crippen LogP contribution in [0, 0.1) is 0 Å². The summed E-state index contributed by atoms with van der Waals surface area (Å²) in [6, 6.07) is 9.85. The normalized spacial score (nSPS) is 17.5. The third-order valence-corrected chi connectivity index (χ3v) is 6.92. The van der Waals surface area contributed by atoms with Crippen molar-refractivity contribution >= 4 is 34.2 Å². The number of rotatable bonds is 4. The van der Waals surface area contributed by atoms with Crippen LogP contribution in [0.2, 0.25) is 0 Å². The fourth-order valence-electron chi connectivity index (χ4n) is 4.52. The van der Waals surface area contributed by atoms with Crippen molar-refractivity contribution in [1.29, 1.82) is 0 Å². The molecule has 3 aromatic rings. The Morgan fingerprint density at radius 1 is 1.17 bits per heavy atom. The van der Waals surface area contributed by atoms with Crippen LogP contribution in [-0.2, 0) is 13.1 Å². The maximum Gasteiger partial charge on any atom is 0.290 e. The van der Waals surface area contributed by atoms with E-state index in [1.165, 1.54) is 19.3 Å². The molecule has 0 unspecified atom stereocenters. The molecule has 2 aromatic heterocycles. The molecular weight excluding hydrogens is 384 g/mol. The summed E-state index contributed by atoms with van der Waals surface area (Å²) in [5, 5.41) is 4.95. The van der Waals surface area contributed by atoms with Gasteiger partial charge < -0.3 is 14.8 Å². The number of carbonyl (C=O) groups excluding carboxylic acids is 2. The first-order chi connectivity index (χ1) is 14.2. The Hall–Kier alpha value is -2.67. The van der Waals surface area contributed by atoms with Crippen molar-refractivity contribution in [3.8, 4) is 0 Å². The zero-order valence-corrected chi connectivity index (χ0v) is 17.1. The number of hydrogen-bond donors (Lipinski definition) is 1. The molecule has 3 heterocycles. The second kappa shape index (κ2) is 7.63. The number of hydrogen-bond acceptors (Lipinski definition) is 4. The number of amides is 2. The topological polar surface area (TPSA) is 67.2 Å². The van der Waals surface area contributed by atoms with Gasteiger partial charge in [-0.05, 0) is 42.5 Å². The van der Waals surface area contributed by atoms with Gasteiger partial charge in [0.05, 0.1) is 17.6 Å². The van der Waals surface area contributed by atoms with Crippen LogP contribution in [0.4, 0.5) is 0 Å². The first-order valence-corrected chi connectivity index (χ1v) is 11.2. The molecular formula is C22H24N4O2S. The zero-order valence-electron chi connectivity index (χ0n) is 16.3. The van der Waals surface area contributed by atoms with Gasteiger partial charge in [0.2, 0.25) is 0 Å². The number of nitrogens with zero attached hydrogens (tertiary/aromatic N) is 3. The molecule has 0 spiro atoms. The summed E-state index contributed by atoms with van der Waals surface area (Å²) in [4.78, 5) is 33.4. The lowest BCUT2D eigenvalue weighted by molar-refractivity contribution is 0.0566. The Morgan fingerprint density at radius 2 is 2.03 bits per heavy atom. The average molecular weight is 409 g/mol. The molecule has 1 aliphatic carbocycles. The first kappa shape index (κ1) is 18.4. The maximum atomic E-state index is 13.1. The molecule has 1 fully saturated rings. The van der Waals surface area contributed by atoms with Crippen LogP contribution < -0.4 is 5.32 Å². The molecule has 1 saturated carbocycles. The second-order valence-electron chi connectivity index (χ2n) is 7.84. The molecule has 1 N–H and O–H groups in total. The molecule has 2 amide bonds. The zero-order chi connectivity index (χ0) is 19.8. The van der Waals surface area contributed by atoms with E-state index < -0.39 is 0 Å². The lowest BCUT2D eigenvalue weighted by atomic mass is 9.94. The number of aromatic nitrogens is 2. The lowest BCUT2D eigenvalue weighted by Crippen LogP contribution is -2.47. The van der Waals surface area contributed by atoms with Crippen LogP contribution in [0.1, 0.15) is 58.0 Å². The minimum Gasteiger partial charge on any atom is -0.347 e. The third kappa shape index (κ3) is 3.44. The van der Waals surface area contributed by atoms with Crippen molar-refractivity contribution in [3.63, 3.8) is 0 Å². The summed E-state index contributed by atoms with van der Waals surface area (Å²) < 4.78 is 2.00. The predicted molar refractivity (Wildman–Crippen MR) is 113 cm³/mol. The van der Waals surface area contributed by atoms with E-state index >= 15 is 0 Å². The SMILES string of the molecule is O=C(NCc1cccs1)c1ccc2c(c1)nc1n2CCN(C2CCCCC2)C1=O. The molecule has 7 heteroatoms. The number of imidazole rings is 1. The number of carbonyl (C=O) groups is 2. The Bertz CT molecular complexity index is 1050. The van der Waals surface area contributed by atoms with Crippen molar-refractivity contribution in [2.45, 2.75) is 51.2 Å². The van der Waals surface area contributed by atoms with Crippen LogP contribution >= 0.6 is 11.3 Å². The van der Waals surface area contributed by atoms with E-state index in [0.717, 1.165) is 36.3 Å². The summed E-state index contributed by atoms with van der Waals surface area (Å²) in [5.74, 6) is 0.414. The highest BCUT2D eigenvalue weighted by Crippen LogP contribution is 2.28. The molecule has 0 saturated heterocycles. The summed E-state index contributed by atoms with van der Waals surface area (Å²) in [6.07, 6.45) is 5.87. The van der Waals surface area contributed by atoms with Crippen LogP contribution in [0.5, 0.6) is 0 Å². The van der Waals surface area contributed by atoms with E-state index in [4.69, 9.17) is 0 Å². The molecule has 29 heavy (non-hydrogen) atoms. The number of benzene rings is 1. The van der Waals surface area contributed by atoms with Gasteiger partial charge in [-0.3, -0.25) is 9.59 Å². The summed E-state index contributed by atoms with van der Waals surface area (Å²) in [5.41, 5.74) is 2.20. The summed E-state index contributed by atoms with van der Waals surface area (Å²) in [7, 11) is 0. The largest absolute Gasteiger partial charge is 0.347 e. The Balaban J connectivity index is 1.38. The molecule has 1 aliphatic heterocycles. The third-order valence-electron chi connectivity index (χ3n) is 6.05. The molecule has 0 atom stereocenters. The van der Waals surface area contributed by atoms with Crippen LogP contribution in [-0.4, -0.2) is 38.9 Å². The van der Waals surface area contributed by atoms with E-state index in [9.17, 15) is 9.59 Å². The van der Waals surface area contributed by atoms with Crippen LogP contribution in [0.3, 0.4) is 0 Å². The Labute approximate surface area is 173 Å². The van der Waals surface area contributed by atoms with Gasteiger partial charge in [0.15, 0.2) is 5.82 Å². The fraction of sp³-hybridized carbons (Fsp3) is 0.409. The van der Waals surface area contributed by atoms with Crippen LogP contribution in [0.15, 0.2) is 35.7 Å². The number of thiophene rings is 1. The van der Waals surface area contributed by atoms with Gasteiger partial charge in [0, 0.05) is 29.6 Å². The van der Waals surface area contributed by atoms with Gasteiger partial charge >= 0.3 is 0 Å².